The number of anilines is 1. The van der Waals surface area contributed by atoms with E-state index < -0.39 is 5.97 Å². The molecule has 3 N–H and O–H groups in total. The zero-order valence-electron chi connectivity index (χ0n) is 10.7. The molecular weight excluding hydrogens is 228 g/mol. The van der Waals surface area contributed by atoms with E-state index in [4.69, 9.17) is 5.11 Å². The SMILES string of the molecule is Cc1cc(NCCCNC2CC2)ccc1C(=O)O. The van der Waals surface area contributed by atoms with Crippen LogP contribution in [0.3, 0.4) is 0 Å². The molecule has 1 aliphatic carbocycles. The maximum absolute atomic E-state index is 10.9. The Morgan fingerprint density at radius 2 is 2.17 bits per heavy atom. The summed E-state index contributed by atoms with van der Waals surface area (Å²) in [7, 11) is 0. The van der Waals surface area contributed by atoms with Gasteiger partial charge in [-0.05, 0) is 56.5 Å². The maximum atomic E-state index is 10.9. The van der Waals surface area contributed by atoms with Crippen LogP contribution in [0.5, 0.6) is 0 Å². The Kier molecular flexibility index (Phi) is 4.20. The first-order valence-electron chi connectivity index (χ1n) is 6.48. The van der Waals surface area contributed by atoms with Crippen LogP contribution in [0.1, 0.15) is 35.2 Å². The van der Waals surface area contributed by atoms with Crippen LogP contribution in [0, 0.1) is 6.92 Å². The first kappa shape index (κ1) is 12.9. The van der Waals surface area contributed by atoms with Crippen molar-refractivity contribution in [3.63, 3.8) is 0 Å². The Labute approximate surface area is 107 Å². The van der Waals surface area contributed by atoms with Crippen molar-refractivity contribution in [2.45, 2.75) is 32.2 Å². The number of hydrogen-bond acceptors (Lipinski definition) is 3. The molecule has 0 saturated heterocycles. The van der Waals surface area contributed by atoms with Crippen LogP contribution < -0.4 is 10.6 Å². The molecule has 18 heavy (non-hydrogen) atoms. The lowest BCUT2D eigenvalue weighted by Crippen LogP contribution is -2.19. The number of benzene rings is 1. The van der Waals surface area contributed by atoms with Crippen molar-refractivity contribution in [3.05, 3.63) is 29.3 Å². The fourth-order valence-corrected chi connectivity index (χ4v) is 1.93. The van der Waals surface area contributed by atoms with E-state index in [-0.39, 0.29) is 0 Å². The number of hydrogen-bond donors (Lipinski definition) is 3. The van der Waals surface area contributed by atoms with Crippen LogP contribution in [0.4, 0.5) is 5.69 Å². The van der Waals surface area contributed by atoms with Crippen molar-refractivity contribution < 1.29 is 9.90 Å². The van der Waals surface area contributed by atoms with Crippen molar-refractivity contribution >= 4 is 11.7 Å². The third-order valence-electron chi connectivity index (χ3n) is 3.15. The molecule has 0 atom stereocenters. The molecule has 0 amide bonds. The molecular formula is C14H20N2O2. The Hall–Kier alpha value is -1.55. The van der Waals surface area contributed by atoms with Gasteiger partial charge < -0.3 is 15.7 Å². The standard InChI is InChI=1S/C14H20N2O2/c1-10-9-12(5-6-13(10)14(17)18)16-8-2-7-15-11-3-4-11/h5-6,9,11,15-16H,2-4,7-8H2,1H3,(H,17,18). The second kappa shape index (κ2) is 5.87. The molecule has 1 aliphatic rings. The molecule has 0 spiro atoms. The number of aryl methyl sites for hydroxylation is 1. The van der Waals surface area contributed by atoms with Crippen molar-refractivity contribution in [2.24, 2.45) is 0 Å². The van der Waals surface area contributed by atoms with Gasteiger partial charge >= 0.3 is 5.97 Å². The van der Waals surface area contributed by atoms with Crippen molar-refractivity contribution in [3.8, 4) is 0 Å². The molecule has 0 aromatic heterocycles. The van der Waals surface area contributed by atoms with E-state index >= 15 is 0 Å². The highest BCUT2D eigenvalue weighted by atomic mass is 16.4. The summed E-state index contributed by atoms with van der Waals surface area (Å²) >= 11 is 0. The zero-order chi connectivity index (χ0) is 13.0. The second-order valence-corrected chi connectivity index (χ2v) is 4.84. The fraction of sp³-hybridized carbons (Fsp3) is 0.500. The molecule has 1 aromatic carbocycles. The molecule has 0 radical (unpaired) electrons. The van der Waals surface area contributed by atoms with Gasteiger partial charge in [-0.1, -0.05) is 0 Å². The molecule has 0 aliphatic heterocycles. The van der Waals surface area contributed by atoms with E-state index in [2.05, 4.69) is 10.6 Å². The number of nitrogens with one attached hydrogen (secondary N) is 2. The van der Waals surface area contributed by atoms with E-state index in [1.807, 2.05) is 19.1 Å². The van der Waals surface area contributed by atoms with Gasteiger partial charge in [0.05, 0.1) is 5.56 Å². The Morgan fingerprint density at radius 1 is 1.39 bits per heavy atom. The van der Waals surface area contributed by atoms with Crippen molar-refractivity contribution in [1.82, 2.24) is 5.32 Å². The van der Waals surface area contributed by atoms with E-state index in [1.54, 1.807) is 6.07 Å². The van der Waals surface area contributed by atoms with Crippen LogP contribution in [-0.2, 0) is 0 Å². The predicted octanol–water partition coefficient (Wildman–Crippen LogP) is 2.25. The topological polar surface area (TPSA) is 61.4 Å². The van der Waals surface area contributed by atoms with E-state index in [0.29, 0.717) is 5.56 Å². The summed E-state index contributed by atoms with van der Waals surface area (Å²) in [5.41, 5.74) is 2.16. The minimum absolute atomic E-state index is 0.371. The minimum atomic E-state index is -0.868. The number of carbonyl (C=O) groups is 1. The molecule has 1 fully saturated rings. The monoisotopic (exact) mass is 248 g/mol. The molecule has 0 heterocycles. The molecule has 1 aromatic rings. The van der Waals surface area contributed by atoms with Crippen LogP contribution in [0.25, 0.3) is 0 Å². The average molecular weight is 248 g/mol. The Morgan fingerprint density at radius 3 is 2.78 bits per heavy atom. The normalized spacial score (nSPS) is 14.5. The Bertz CT molecular complexity index is 428. The summed E-state index contributed by atoms with van der Waals surface area (Å²) in [5, 5.41) is 15.7. The highest BCUT2D eigenvalue weighted by Gasteiger charge is 2.19. The first-order valence-corrected chi connectivity index (χ1v) is 6.48. The largest absolute Gasteiger partial charge is 0.478 e. The number of carboxylic acids is 1. The lowest BCUT2D eigenvalue weighted by atomic mass is 10.1. The highest BCUT2D eigenvalue weighted by Crippen LogP contribution is 2.18. The van der Waals surface area contributed by atoms with Gasteiger partial charge in [-0.3, -0.25) is 0 Å². The van der Waals surface area contributed by atoms with Crippen molar-refractivity contribution in [1.29, 1.82) is 0 Å². The number of aromatic carboxylic acids is 1. The first-order chi connectivity index (χ1) is 8.66. The summed E-state index contributed by atoms with van der Waals surface area (Å²) < 4.78 is 0. The van der Waals surface area contributed by atoms with Gasteiger partial charge in [0.2, 0.25) is 0 Å². The predicted molar refractivity (Wildman–Crippen MR) is 72.3 cm³/mol. The molecule has 4 nitrogen and oxygen atoms in total. The van der Waals surface area contributed by atoms with E-state index in [0.717, 1.165) is 36.8 Å². The summed E-state index contributed by atoms with van der Waals surface area (Å²) in [5.74, 6) is -0.868. The van der Waals surface area contributed by atoms with Gasteiger partial charge in [-0.25, -0.2) is 4.79 Å². The average Bonchev–Trinajstić information content (AvgIpc) is 3.12. The maximum Gasteiger partial charge on any atom is 0.335 e. The smallest absolute Gasteiger partial charge is 0.335 e. The number of rotatable bonds is 7. The third-order valence-corrected chi connectivity index (χ3v) is 3.15. The van der Waals surface area contributed by atoms with Crippen molar-refractivity contribution in [2.75, 3.05) is 18.4 Å². The highest BCUT2D eigenvalue weighted by molar-refractivity contribution is 5.89. The van der Waals surface area contributed by atoms with Gasteiger partial charge in [0.1, 0.15) is 0 Å². The van der Waals surface area contributed by atoms with Gasteiger partial charge in [-0.15, -0.1) is 0 Å². The third kappa shape index (κ3) is 3.74. The van der Waals surface area contributed by atoms with E-state index in [9.17, 15) is 4.79 Å². The van der Waals surface area contributed by atoms with Crippen LogP contribution in [0.2, 0.25) is 0 Å². The Balaban J connectivity index is 1.74. The van der Waals surface area contributed by atoms with Gasteiger partial charge in [-0.2, -0.15) is 0 Å². The van der Waals surface area contributed by atoms with Gasteiger partial charge in [0.25, 0.3) is 0 Å². The zero-order valence-corrected chi connectivity index (χ0v) is 10.7. The van der Waals surface area contributed by atoms with Gasteiger partial charge in [0.15, 0.2) is 0 Å². The van der Waals surface area contributed by atoms with Crippen LogP contribution >= 0.6 is 0 Å². The molecule has 4 heteroatoms. The van der Waals surface area contributed by atoms with Gasteiger partial charge in [0, 0.05) is 18.3 Å². The fourth-order valence-electron chi connectivity index (χ4n) is 1.93. The lowest BCUT2D eigenvalue weighted by Gasteiger charge is -2.09. The second-order valence-electron chi connectivity index (χ2n) is 4.84. The quantitative estimate of drug-likeness (QED) is 0.648. The molecule has 1 saturated carbocycles. The molecule has 0 unspecified atom stereocenters. The summed E-state index contributed by atoms with van der Waals surface area (Å²) in [6.45, 7) is 3.78. The van der Waals surface area contributed by atoms with Crippen LogP contribution in [0.15, 0.2) is 18.2 Å². The minimum Gasteiger partial charge on any atom is -0.478 e. The molecule has 0 bridgehead atoms. The molecule has 98 valence electrons. The summed E-state index contributed by atoms with van der Waals surface area (Å²) in [4.78, 5) is 10.9. The molecule has 2 rings (SSSR count). The van der Waals surface area contributed by atoms with Crippen LogP contribution in [-0.4, -0.2) is 30.2 Å². The summed E-state index contributed by atoms with van der Waals surface area (Å²) in [6.07, 6.45) is 3.72. The van der Waals surface area contributed by atoms with E-state index in [1.165, 1.54) is 12.8 Å². The number of carboxylic acid groups (broad SMARTS) is 1. The lowest BCUT2D eigenvalue weighted by molar-refractivity contribution is 0.0696. The summed E-state index contributed by atoms with van der Waals surface area (Å²) in [6, 6.07) is 6.13.